The number of nitrogens with one attached hydrogen (secondary N) is 1. The van der Waals surface area contributed by atoms with Crippen LogP contribution >= 0.6 is 0 Å². The van der Waals surface area contributed by atoms with Crippen molar-refractivity contribution in [2.24, 2.45) is 0 Å². The minimum atomic E-state index is -4.39. The molecule has 8 heteroatoms. The van der Waals surface area contributed by atoms with E-state index in [2.05, 4.69) is 20.4 Å². The summed E-state index contributed by atoms with van der Waals surface area (Å²) in [4.78, 5) is 8.42. The summed E-state index contributed by atoms with van der Waals surface area (Å²) in [5.74, 6) is 1.07. The van der Waals surface area contributed by atoms with Gasteiger partial charge >= 0.3 is 6.18 Å². The van der Waals surface area contributed by atoms with Gasteiger partial charge in [-0.2, -0.15) is 18.3 Å². The molecule has 0 fully saturated rings. The summed E-state index contributed by atoms with van der Waals surface area (Å²) in [7, 11) is 0. The van der Waals surface area contributed by atoms with E-state index in [1.165, 1.54) is 4.68 Å². The first-order valence-corrected chi connectivity index (χ1v) is 6.06. The fraction of sp³-hybridized carbons (Fsp3) is 0.417. The standard InChI is InChI=1S/C12H14F3N5/c1-3-16-10-4-8(2)18-11(19-10)7-20-6-9(5-17-20)12(13,14)15/h4-6H,3,7H2,1-2H3,(H,16,18,19). The lowest BCUT2D eigenvalue weighted by atomic mass is 10.3. The highest BCUT2D eigenvalue weighted by Gasteiger charge is 2.32. The van der Waals surface area contributed by atoms with Crippen molar-refractivity contribution in [3.63, 3.8) is 0 Å². The van der Waals surface area contributed by atoms with Crippen molar-refractivity contribution in [3.8, 4) is 0 Å². The Morgan fingerprint density at radius 3 is 2.65 bits per heavy atom. The molecule has 0 aliphatic carbocycles. The molecule has 0 saturated carbocycles. The summed E-state index contributed by atoms with van der Waals surface area (Å²) >= 11 is 0. The van der Waals surface area contributed by atoms with Gasteiger partial charge in [-0.3, -0.25) is 4.68 Å². The molecule has 0 atom stereocenters. The molecule has 0 amide bonds. The third kappa shape index (κ3) is 3.46. The Morgan fingerprint density at radius 2 is 2.05 bits per heavy atom. The molecular formula is C12H14F3N5. The molecule has 0 unspecified atom stereocenters. The molecule has 0 saturated heterocycles. The highest BCUT2D eigenvalue weighted by atomic mass is 19.4. The lowest BCUT2D eigenvalue weighted by Crippen LogP contribution is -2.09. The first-order chi connectivity index (χ1) is 9.38. The number of hydrogen-bond donors (Lipinski definition) is 1. The molecule has 20 heavy (non-hydrogen) atoms. The van der Waals surface area contributed by atoms with Crippen LogP contribution < -0.4 is 5.32 Å². The zero-order valence-corrected chi connectivity index (χ0v) is 11.1. The van der Waals surface area contributed by atoms with E-state index in [0.29, 0.717) is 18.2 Å². The van der Waals surface area contributed by atoms with Crippen LogP contribution in [-0.4, -0.2) is 26.3 Å². The second kappa shape index (κ2) is 5.48. The van der Waals surface area contributed by atoms with E-state index in [1.54, 1.807) is 13.0 Å². The Balaban J connectivity index is 2.19. The second-order valence-corrected chi connectivity index (χ2v) is 4.27. The summed E-state index contributed by atoms with van der Waals surface area (Å²) < 4.78 is 38.6. The van der Waals surface area contributed by atoms with Crippen molar-refractivity contribution in [3.05, 3.63) is 35.5 Å². The van der Waals surface area contributed by atoms with Crippen LogP contribution in [0.5, 0.6) is 0 Å². The van der Waals surface area contributed by atoms with Crippen LogP contribution in [-0.2, 0) is 12.7 Å². The molecule has 2 rings (SSSR count). The number of rotatable bonds is 4. The predicted octanol–water partition coefficient (Wildman–Crippen LogP) is 2.48. The second-order valence-electron chi connectivity index (χ2n) is 4.27. The third-order valence-corrected chi connectivity index (χ3v) is 2.52. The van der Waals surface area contributed by atoms with Crippen LogP contribution in [0.1, 0.15) is 24.0 Å². The zero-order chi connectivity index (χ0) is 14.8. The Bertz CT molecular complexity index is 591. The maximum absolute atomic E-state index is 12.5. The van der Waals surface area contributed by atoms with Crippen LogP contribution in [0.2, 0.25) is 0 Å². The van der Waals surface area contributed by atoms with Crippen LogP contribution in [0.15, 0.2) is 18.5 Å². The monoisotopic (exact) mass is 285 g/mol. The largest absolute Gasteiger partial charge is 0.419 e. The van der Waals surface area contributed by atoms with Crippen molar-refractivity contribution in [1.29, 1.82) is 0 Å². The smallest absolute Gasteiger partial charge is 0.370 e. The molecule has 0 bridgehead atoms. The van der Waals surface area contributed by atoms with E-state index < -0.39 is 11.7 Å². The maximum Gasteiger partial charge on any atom is 0.419 e. The van der Waals surface area contributed by atoms with Gasteiger partial charge in [-0.1, -0.05) is 0 Å². The van der Waals surface area contributed by atoms with E-state index >= 15 is 0 Å². The van der Waals surface area contributed by atoms with Gasteiger partial charge in [-0.15, -0.1) is 0 Å². The van der Waals surface area contributed by atoms with Gasteiger partial charge in [0.25, 0.3) is 0 Å². The van der Waals surface area contributed by atoms with Gasteiger partial charge in [0, 0.05) is 24.5 Å². The number of anilines is 1. The average Bonchev–Trinajstić information content (AvgIpc) is 2.76. The minimum absolute atomic E-state index is 0.0934. The van der Waals surface area contributed by atoms with Gasteiger partial charge in [-0.25, -0.2) is 9.97 Å². The maximum atomic E-state index is 12.5. The molecule has 2 aromatic rings. The van der Waals surface area contributed by atoms with Crippen molar-refractivity contribution in [1.82, 2.24) is 19.7 Å². The van der Waals surface area contributed by atoms with Crippen molar-refractivity contribution in [2.75, 3.05) is 11.9 Å². The van der Waals surface area contributed by atoms with Crippen LogP contribution in [0.3, 0.4) is 0 Å². The summed E-state index contributed by atoms with van der Waals surface area (Å²) in [6.07, 6.45) is -2.65. The van der Waals surface area contributed by atoms with Gasteiger partial charge in [0.05, 0.1) is 11.8 Å². The van der Waals surface area contributed by atoms with E-state index in [0.717, 1.165) is 18.1 Å². The summed E-state index contributed by atoms with van der Waals surface area (Å²) in [5.41, 5.74) is -0.0359. The quantitative estimate of drug-likeness (QED) is 0.937. The molecule has 108 valence electrons. The highest BCUT2D eigenvalue weighted by molar-refractivity contribution is 5.35. The van der Waals surface area contributed by atoms with E-state index in [4.69, 9.17) is 0 Å². The zero-order valence-electron chi connectivity index (χ0n) is 11.1. The average molecular weight is 285 g/mol. The number of alkyl halides is 3. The number of nitrogens with zero attached hydrogens (tertiary/aromatic N) is 4. The lowest BCUT2D eigenvalue weighted by molar-refractivity contribution is -0.137. The van der Waals surface area contributed by atoms with Crippen molar-refractivity contribution < 1.29 is 13.2 Å². The third-order valence-electron chi connectivity index (χ3n) is 2.52. The summed E-state index contributed by atoms with van der Waals surface area (Å²) in [5, 5.41) is 6.72. The summed E-state index contributed by atoms with van der Waals surface area (Å²) in [6, 6.07) is 1.78. The van der Waals surface area contributed by atoms with E-state index in [9.17, 15) is 13.2 Å². The predicted molar refractivity (Wildman–Crippen MR) is 67.3 cm³/mol. The molecule has 0 spiro atoms. The number of hydrogen-bond acceptors (Lipinski definition) is 4. The SMILES string of the molecule is CCNc1cc(C)nc(Cn2cc(C(F)(F)F)cn2)n1. The number of aromatic nitrogens is 4. The van der Waals surface area contributed by atoms with E-state index in [1.807, 2.05) is 6.92 Å². The van der Waals surface area contributed by atoms with E-state index in [-0.39, 0.29) is 6.54 Å². The highest BCUT2D eigenvalue weighted by Crippen LogP contribution is 2.28. The van der Waals surface area contributed by atoms with Gasteiger partial charge in [0.2, 0.25) is 0 Å². The van der Waals surface area contributed by atoms with Crippen molar-refractivity contribution in [2.45, 2.75) is 26.6 Å². The molecule has 5 nitrogen and oxygen atoms in total. The Labute approximate surface area is 113 Å². The van der Waals surface area contributed by atoms with Gasteiger partial charge in [-0.05, 0) is 13.8 Å². The van der Waals surface area contributed by atoms with Gasteiger partial charge < -0.3 is 5.32 Å². The van der Waals surface area contributed by atoms with Gasteiger partial charge in [0.15, 0.2) is 5.82 Å². The topological polar surface area (TPSA) is 55.6 Å². The molecule has 2 aromatic heterocycles. The fourth-order valence-electron chi connectivity index (χ4n) is 1.71. The Kier molecular flexibility index (Phi) is 3.91. The number of halogens is 3. The first-order valence-electron chi connectivity index (χ1n) is 6.06. The molecule has 2 heterocycles. The Hall–Kier alpha value is -2.12. The van der Waals surface area contributed by atoms with Crippen LogP contribution in [0, 0.1) is 6.92 Å². The molecule has 0 aromatic carbocycles. The van der Waals surface area contributed by atoms with Gasteiger partial charge in [0.1, 0.15) is 12.4 Å². The van der Waals surface area contributed by atoms with Crippen LogP contribution in [0.25, 0.3) is 0 Å². The first kappa shape index (κ1) is 14.3. The summed E-state index contributed by atoms with van der Waals surface area (Å²) in [6.45, 7) is 4.53. The number of aryl methyl sites for hydroxylation is 1. The molecule has 1 N–H and O–H groups in total. The Morgan fingerprint density at radius 1 is 1.30 bits per heavy atom. The normalized spacial score (nSPS) is 11.7. The minimum Gasteiger partial charge on any atom is -0.370 e. The lowest BCUT2D eigenvalue weighted by Gasteiger charge is -2.07. The molecule has 0 radical (unpaired) electrons. The van der Waals surface area contributed by atoms with Crippen LogP contribution in [0.4, 0.5) is 19.0 Å². The van der Waals surface area contributed by atoms with Crippen molar-refractivity contribution >= 4 is 5.82 Å². The molecule has 0 aliphatic rings. The molecule has 0 aliphatic heterocycles. The molecular weight excluding hydrogens is 271 g/mol. The fourth-order valence-corrected chi connectivity index (χ4v) is 1.71.